The molecule has 3 atom stereocenters. The minimum Gasteiger partial charge on any atom is -0.481 e. The average Bonchev–Trinajstić information content (AvgIpc) is 2.51. The standard InChI is InChI=1S/C13H18N2O9/c1-5-4-24-11(14-7(5)10(19)20)13(23-3,12(21)22)15-8(16)6(2)9(17)18/h6,11,14H,4H2,1-3H3,(H,15,16)(H,17,18)(H,19,20)(H,21,22)/t6-,11-,13-/m1/s1. The number of amides is 1. The Kier molecular flexibility index (Phi) is 5.88. The van der Waals surface area contributed by atoms with Crippen LogP contribution in [0.3, 0.4) is 0 Å². The highest BCUT2D eigenvalue weighted by Gasteiger charge is 2.52. The van der Waals surface area contributed by atoms with E-state index >= 15 is 0 Å². The predicted molar refractivity (Wildman–Crippen MR) is 75.5 cm³/mol. The summed E-state index contributed by atoms with van der Waals surface area (Å²) in [5.74, 6) is -7.21. The Labute approximate surface area is 136 Å². The van der Waals surface area contributed by atoms with E-state index in [0.29, 0.717) is 5.57 Å². The first-order valence-corrected chi connectivity index (χ1v) is 6.71. The summed E-state index contributed by atoms with van der Waals surface area (Å²) in [6.45, 7) is 2.30. The van der Waals surface area contributed by atoms with Gasteiger partial charge in [-0.05, 0) is 19.4 Å². The molecule has 0 saturated carbocycles. The minimum absolute atomic E-state index is 0.220. The zero-order valence-corrected chi connectivity index (χ0v) is 13.2. The highest BCUT2D eigenvalue weighted by atomic mass is 16.6. The molecule has 0 aliphatic carbocycles. The van der Waals surface area contributed by atoms with Crippen molar-refractivity contribution < 1.29 is 44.0 Å². The maximum Gasteiger partial charge on any atom is 0.362 e. The third kappa shape index (κ3) is 3.63. The number of methoxy groups -OCH3 is 1. The molecule has 134 valence electrons. The van der Waals surface area contributed by atoms with E-state index in [1.54, 1.807) is 0 Å². The van der Waals surface area contributed by atoms with Crippen LogP contribution in [0.4, 0.5) is 0 Å². The van der Waals surface area contributed by atoms with Crippen molar-refractivity contribution in [3.8, 4) is 0 Å². The van der Waals surface area contributed by atoms with Crippen LogP contribution in [-0.2, 0) is 28.7 Å². The molecule has 1 aliphatic heterocycles. The van der Waals surface area contributed by atoms with Crippen molar-refractivity contribution in [1.29, 1.82) is 0 Å². The zero-order valence-electron chi connectivity index (χ0n) is 13.2. The normalized spacial score (nSPS) is 21.2. The van der Waals surface area contributed by atoms with Gasteiger partial charge in [0.25, 0.3) is 5.72 Å². The van der Waals surface area contributed by atoms with Crippen LogP contribution in [0.5, 0.6) is 0 Å². The zero-order chi connectivity index (χ0) is 18.7. The molecule has 1 aliphatic rings. The summed E-state index contributed by atoms with van der Waals surface area (Å²) in [6, 6.07) is 0. The van der Waals surface area contributed by atoms with E-state index in [4.69, 9.17) is 19.7 Å². The maximum absolute atomic E-state index is 11.9. The van der Waals surface area contributed by atoms with Crippen LogP contribution < -0.4 is 10.6 Å². The van der Waals surface area contributed by atoms with E-state index in [9.17, 15) is 24.3 Å². The van der Waals surface area contributed by atoms with Crippen LogP contribution in [-0.4, -0.2) is 64.8 Å². The summed E-state index contributed by atoms with van der Waals surface area (Å²) in [4.78, 5) is 45.7. The predicted octanol–water partition coefficient (Wildman–Crippen LogP) is -1.44. The quantitative estimate of drug-likeness (QED) is 0.271. The maximum atomic E-state index is 11.9. The fraction of sp³-hybridized carbons (Fsp3) is 0.538. The van der Waals surface area contributed by atoms with Gasteiger partial charge in [-0.3, -0.25) is 9.59 Å². The van der Waals surface area contributed by atoms with Gasteiger partial charge in [0.1, 0.15) is 11.6 Å². The largest absolute Gasteiger partial charge is 0.481 e. The van der Waals surface area contributed by atoms with Gasteiger partial charge in [0, 0.05) is 7.11 Å². The van der Waals surface area contributed by atoms with Crippen molar-refractivity contribution >= 4 is 23.8 Å². The Morgan fingerprint density at radius 2 is 1.92 bits per heavy atom. The van der Waals surface area contributed by atoms with Crippen LogP contribution in [0, 0.1) is 5.92 Å². The third-order valence-electron chi connectivity index (χ3n) is 3.46. The molecule has 1 rings (SSSR count). The number of ether oxygens (including phenoxy) is 2. The van der Waals surface area contributed by atoms with Gasteiger partial charge in [-0.15, -0.1) is 0 Å². The fourth-order valence-electron chi connectivity index (χ4n) is 1.92. The minimum atomic E-state index is -2.53. The number of nitrogens with one attached hydrogen (secondary N) is 2. The second-order valence-electron chi connectivity index (χ2n) is 5.09. The Morgan fingerprint density at radius 1 is 1.33 bits per heavy atom. The van der Waals surface area contributed by atoms with Crippen LogP contribution >= 0.6 is 0 Å². The van der Waals surface area contributed by atoms with Gasteiger partial charge in [0.2, 0.25) is 5.91 Å². The second-order valence-corrected chi connectivity index (χ2v) is 5.09. The van der Waals surface area contributed by atoms with Crippen LogP contribution in [0.1, 0.15) is 13.8 Å². The van der Waals surface area contributed by atoms with Gasteiger partial charge in [0.15, 0.2) is 6.23 Å². The first-order valence-electron chi connectivity index (χ1n) is 6.71. The van der Waals surface area contributed by atoms with Crippen LogP contribution in [0.15, 0.2) is 11.3 Å². The smallest absolute Gasteiger partial charge is 0.362 e. The number of hydrogen-bond acceptors (Lipinski definition) is 7. The monoisotopic (exact) mass is 346 g/mol. The van der Waals surface area contributed by atoms with Crippen molar-refractivity contribution in [2.24, 2.45) is 5.92 Å². The van der Waals surface area contributed by atoms with Crippen molar-refractivity contribution in [3.05, 3.63) is 11.3 Å². The highest BCUT2D eigenvalue weighted by Crippen LogP contribution is 2.22. The van der Waals surface area contributed by atoms with Gasteiger partial charge >= 0.3 is 17.9 Å². The van der Waals surface area contributed by atoms with E-state index in [2.05, 4.69) is 5.32 Å². The molecule has 0 aromatic rings. The van der Waals surface area contributed by atoms with E-state index in [1.807, 2.05) is 5.32 Å². The molecule has 24 heavy (non-hydrogen) atoms. The van der Waals surface area contributed by atoms with E-state index in [1.165, 1.54) is 6.92 Å². The summed E-state index contributed by atoms with van der Waals surface area (Å²) in [6.07, 6.45) is -1.60. The van der Waals surface area contributed by atoms with Crippen LogP contribution in [0.25, 0.3) is 0 Å². The Hall–Kier alpha value is -2.66. The average molecular weight is 346 g/mol. The van der Waals surface area contributed by atoms with E-state index in [-0.39, 0.29) is 12.3 Å². The summed E-state index contributed by atoms with van der Waals surface area (Å²) in [5, 5.41) is 31.7. The van der Waals surface area contributed by atoms with Crippen molar-refractivity contribution in [2.75, 3.05) is 13.7 Å². The topological polar surface area (TPSA) is 171 Å². The first-order chi connectivity index (χ1) is 11.1. The van der Waals surface area contributed by atoms with Gasteiger partial charge < -0.3 is 35.4 Å². The molecule has 0 aromatic heterocycles. The highest BCUT2D eigenvalue weighted by molar-refractivity contribution is 5.98. The third-order valence-corrected chi connectivity index (χ3v) is 3.46. The van der Waals surface area contributed by atoms with Crippen molar-refractivity contribution in [1.82, 2.24) is 10.6 Å². The van der Waals surface area contributed by atoms with E-state index < -0.39 is 41.7 Å². The molecule has 0 bridgehead atoms. The number of carbonyl (C=O) groups excluding carboxylic acids is 1. The first kappa shape index (κ1) is 19.4. The molecule has 0 saturated heterocycles. The Balaban J connectivity index is 3.18. The number of rotatable bonds is 7. The lowest BCUT2D eigenvalue weighted by Crippen LogP contribution is -2.69. The molecular weight excluding hydrogens is 328 g/mol. The summed E-state index contributed by atoms with van der Waals surface area (Å²) in [5.41, 5.74) is -2.52. The molecule has 11 heteroatoms. The molecule has 1 heterocycles. The van der Waals surface area contributed by atoms with Gasteiger partial charge in [-0.25, -0.2) is 9.59 Å². The molecule has 0 radical (unpaired) electrons. The summed E-state index contributed by atoms with van der Waals surface area (Å²) < 4.78 is 10.1. The van der Waals surface area contributed by atoms with Crippen molar-refractivity contribution in [2.45, 2.75) is 25.8 Å². The fourth-order valence-corrected chi connectivity index (χ4v) is 1.92. The lowest BCUT2D eigenvalue weighted by Gasteiger charge is -2.39. The number of carboxylic acids is 3. The van der Waals surface area contributed by atoms with Gasteiger partial charge in [-0.2, -0.15) is 0 Å². The van der Waals surface area contributed by atoms with Gasteiger partial charge in [0.05, 0.1) is 6.61 Å². The summed E-state index contributed by atoms with van der Waals surface area (Å²) in [7, 11) is 0.955. The SMILES string of the molecule is CO[C@@](NC(=O)[C@@H](C)C(=O)O)(C(=O)O)[C@@H]1NC(C(=O)O)=C(C)CO1. The summed E-state index contributed by atoms with van der Waals surface area (Å²) >= 11 is 0. The number of aliphatic carboxylic acids is 3. The Bertz CT molecular complexity index is 600. The lowest BCUT2D eigenvalue weighted by molar-refractivity contribution is -0.199. The molecule has 11 nitrogen and oxygen atoms in total. The van der Waals surface area contributed by atoms with E-state index in [0.717, 1.165) is 14.0 Å². The molecule has 0 aromatic carbocycles. The van der Waals surface area contributed by atoms with Crippen molar-refractivity contribution in [3.63, 3.8) is 0 Å². The second kappa shape index (κ2) is 7.27. The lowest BCUT2D eigenvalue weighted by atomic mass is 10.1. The molecule has 1 amide bonds. The molecule has 0 spiro atoms. The molecule has 0 unspecified atom stereocenters. The number of hydrogen-bond donors (Lipinski definition) is 5. The number of carbonyl (C=O) groups is 4. The van der Waals surface area contributed by atoms with Crippen LogP contribution in [0.2, 0.25) is 0 Å². The van der Waals surface area contributed by atoms with Gasteiger partial charge in [-0.1, -0.05) is 0 Å². The molecular formula is C13H18N2O9. The Morgan fingerprint density at radius 3 is 2.33 bits per heavy atom. The molecule has 5 N–H and O–H groups in total. The molecule has 0 fully saturated rings. The number of carboxylic acid groups (broad SMARTS) is 3.